The molecule has 1 aliphatic heterocycles. The van der Waals surface area contributed by atoms with Gasteiger partial charge in [0.25, 0.3) is 5.91 Å². The molecular formula is C23H33N3O3. The Labute approximate surface area is 173 Å². The van der Waals surface area contributed by atoms with E-state index in [0.29, 0.717) is 18.9 Å². The van der Waals surface area contributed by atoms with E-state index in [1.54, 1.807) is 0 Å². The highest BCUT2D eigenvalue weighted by Crippen LogP contribution is 2.34. The number of aromatic nitrogens is 2. The van der Waals surface area contributed by atoms with Gasteiger partial charge in [-0.25, -0.2) is 0 Å². The van der Waals surface area contributed by atoms with Crippen molar-refractivity contribution in [2.75, 3.05) is 13.2 Å². The first-order valence-electron chi connectivity index (χ1n) is 10.4. The molecule has 2 heterocycles. The molecule has 0 saturated carbocycles. The van der Waals surface area contributed by atoms with Gasteiger partial charge in [0.1, 0.15) is 18.9 Å². The Kier molecular flexibility index (Phi) is 5.92. The van der Waals surface area contributed by atoms with E-state index in [0.717, 1.165) is 22.8 Å². The Hall–Kier alpha value is -2.50. The number of carbonyl (C=O) groups excluding carboxylic acids is 1. The summed E-state index contributed by atoms with van der Waals surface area (Å²) in [4.78, 5) is 13.1. The van der Waals surface area contributed by atoms with E-state index < -0.39 is 0 Å². The van der Waals surface area contributed by atoms with Crippen molar-refractivity contribution in [1.29, 1.82) is 0 Å². The lowest BCUT2D eigenvalue weighted by molar-refractivity contribution is 0.0918. The summed E-state index contributed by atoms with van der Waals surface area (Å²) in [6.07, 6.45) is 0. The van der Waals surface area contributed by atoms with Crippen LogP contribution in [0.25, 0.3) is 0 Å². The zero-order chi connectivity index (χ0) is 21.3. The summed E-state index contributed by atoms with van der Waals surface area (Å²) in [5.74, 6) is 1.80. The second-order valence-corrected chi connectivity index (χ2v) is 9.29. The molecule has 1 unspecified atom stereocenters. The topological polar surface area (TPSA) is 65.4 Å². The van der Waals surface area contributed by atoms with E-state index in [4.69, 9.17) is 9.47 Å². The molecular weight excluding hydrogens is 366 g/mol. The number of hydrogen-bond acceptors (Lipinski definition) is 4. The molecule has 1 aromatic carbocycles. The fourth-order valence-corrected chi connectivity index (χ4v) is 3.56. The van der Waals surface area contributed by atoms with Crippen molar-refractivity contribution >= 4 is 5.91 Å². The molecule has 0 spiro atoms. The lowest BCUT2D eigenvalue weighted by atomic mass is 9.95. The summed E-state index contributed by atoms with van der Waals surface area (Å²) in [5, 5.41) is 7.81. The zero-order valence-corrected chi connectivity index (χ0v) is 18.6. The van der Waals surface area contributed by atoms with Gasteiger partial charge in [0.2, 0.25) is 0 Å². The van der Waals surface area contributed by atoms with Crippen molar-refractivity contribution in [3.63, 3.8) is 0 Å². The number of carbonyl (C=O) groups is 1. The highest BCUT2D eigenvalue weighted by molar-refractivity contribution is 5.92. The van der Waals surface area contributed by atoms with Crippen molar-refractivity contribution < 1.29 is 14.3 Å². The third kappa shape index (κ3) is 4.57. The van der Waals surface area contributed by atoms with Gasteiger partial charge in [0, 0.05) is 5.69 Å². The summed E-state index contributed by atoms with van der Waals surface area (Å²) in [5.41, 5.74) is 2.32. The van der Waals surface area contributed by atoms with Gasteiger partial charge in [-0.2, -0.15) is 5.10 Å². The molecule has 158 valence electrons. The van der Waals surface area contributed by atoms with E-state index in [9.17, 15) is 4.79 Å². The largest absolute Gasteiger partial charge is 0.486 e. The monoisotopic (exact) mass is 399 g/mol. The molecule has 0 saturated heterocycles. The van der Waals surface area contributed by atoms with Gasteiger partial charge in [-0.1, -0.05) is 33.8 Å². The molecule has 1 aromatic heterocycles. The molecule has 0 radical (unpaired) electrons. The van der Waals surface area contributed by atoms with Crippen LogP contribution in [0.3, 0.4) is 0 Å². The van der Waals surface area contributed by atoms with Gasteiger partial charge in [-0.05, 0) is 56.4 Å². The molecule has 2 aromatic rings. The van der Waals surface area contributed by atoms with Crippen LogP contribution in [-0.4, -0.2) is 28.9 Å². The Morgan fingerprint density at radius 3 is 2.28 bits per heavy atom. The van der Waals surface area contributed by atoms with E-state index in [-0.39, 0.29) is 29.3 Å². The summed E-state index contributed by atoms with van der Waals surface area (Å²) < 4.78 is 13.3. The number of ether oxygens (including phenoxy) is 2. The van der Waals surface area contributed by atoms with Crippen LogP contribution in [0, 0.1) is 5.92 Å². The minimum absolute atomic E-state index is 0.152. The quantitative estimate of drug-likeness (QED) is 0.794. The number of benzene rings is 1. The van der Waals surface area contributed by atoms with Crippen LogP contribution in [0.5, 0.6) is 11.5 Å². The number of rotatable bonds is 5. The van der Waals surface area contributed by atoms with E-state index >= 15 is 0 Å². The van der Waals surface area contributed by atoms with Gasteiger partial charge < -0.3 is 14.8 Å². The first-order chi connectivity index (χ1) is 13.6. The summed E-state index contributed by atoms with van der Waals surface area (Å²) in [7, 11) is 0. The van der Waals surface area contributed by atoms with E-state index in [1.165, 1.54) is 0 Å². The van der Waals surface area contributed by atoms with Crippen LogP contribution in [0.1, 0.15) is 82.2 Å². The second kappa shape index (κ2) is 8.09. The Morgan fingerprint density at radius 1 is 1.07 bits per heavy atom. The first-order valence-corrected chi connectivity index (χ1v) is 10.4. The number of nitrogens with one attached hydrogen (secondary N) is 1. The van der Waals surface area contributed by atoms with E-state index in [2.05, 4.69) is 58.9 Å². The summed E-state index contributed by atoms with van der Waals surface area (Å²) >= 11 is 0. The third-order valence-corrected chi connectivity index (χ3v) is 5.08. The van der Waals surface area contributed by atoms with Crippen LogP contribution < -0.4 is 14.8 Å². The SMILES string of the molecule is CC(C)c1cc(C(=O)NC(c2ccc3c(c2)OCCO3)C(C)C)nn1C(C)(C)C. The number of amides is 1. The molecule has 29 heavy (non-hydrogen) atoms. The van der Waals surface area contributed by atoms with Crippen LogP contribution in [0.2, 0.25) is 0 Å². The molecule has 1 atom stereocenters. The molecule has 0 fully saturated rings. The average molecular weight is 400 g/mol. The first kappa shape index (κ1) is 21.2. The van der Waals surface area contributed by atoms with Crippen molar-refractivity contribution in [3.05, 3.63) is 41.2 Å². The fourth-order valence-electron chi connectivity index (χ4n) is 3.56. The summed E-state index contributed by atoms with van der Waals surface area (Å²) in [6, 6.07) is 7.63. The highest BCUT2D eigenvalue weighted by Gasteiger charge is 2.26. The highest BCUT2D eigenvalue weighted by atomic mass is 16.6. The minimum Gasteiger partial charge on any atom is -0.486 e. The van der Waals surface area contributed by atoms with E-state index in [1.807, 2.05) is 28.9 Å². The van der Waals surface area contributed by atoms with Crippen molar-refractivity contribution in [1.82, 2.24) is 15.1 Å². The normalized spacial score (nSPS) is 14.9. The predicted molar refractivity (Wildman–Crippen MR) is 114 cm³/mol. The Bertz CT molecular complexity index is 878. The van der Waals surface area contributed by atoms with Gasteiger partial charge in [-0.15, -0.1) is 0 Å². The maximum Gasteiger partial charge on any atom is 0.272 e. The Morgan fingerprint density at radius 2 is 1.72 bits per heavy atom. The van der Waals surface area contributed by atoms with Gasteiger partial charge >= 0.3 is 0 Å². The molecule has 3 rings (SSSR count). The standard InChI is InChI=1S/C23H33N3O3/c1-14(2)18-13-17(25-26(18)23(5,6)7)22(27)24-21(15(3)4)16-8-9-19-20(12-16)29-11-10-28-19/h8-9,12-15,21H,10-11H2,1-7H3,(H,24,27). The van der Waals surface area contributed by atoms with Crippen LogP contribution >= 0.6 is 0 Å². The molecule has 0 aliphatic carbocycles. The molecule has 1 N–H and O–H groups in total. The van der Waals surface area contributed by atoms with Crippen molar-refractivity contribution in [2.24, 2.45) is 5.92 Å². The molecule has 1 aliphatic rings. The Balaban J connectivity index is 1.87. The average Bonchev–Trinajstić information content (AvgIpc) is 3.12. The molecule has 0 bridgehead atoms. The fraction of sp³-hybridized carbons (Fsp3) is 0.565. The van der Waals surface area contributed by atoms with Crippen LogP contribution in [-0.2, 0) is 5.54 Å². The molecule has 1 amide bonds. The molecule has 6 heteroatoms. The third-order valence-electron chi connectivity index (χ3n) is 5.08. The molecule has 6 nitrogen and oxygen atoms in total. The second-order valence-electron chi connectivity index (χ2n) is 9.29. The number of hydrogen-bond donors (Lipinski definition) is 1. The maximum atomic E-state index is 13.1. The maximum absolute atomic E-state index is 13.1. The van der Waals surface area contributed by atoms with Crippen molar-refractivity contribution in [2.45, 2.75) is 66.0 Å². The zero-order valence-electron chi connectivity index (χ0n) is 18.6. The van der Waals surface area contributed by atoms with Crippen LogP contribution in [0.4, 0.5) is 0 Å². The number of fused-ring (bicyclic) bond motifs is 1. The number of nitrogens with zero attached hydrogens (tertiary/aromatic N) is 2. The van der Waals surface area contributed by atoms with Crippen LogP contribution in [0.15, 0.2) is 24.3 Å². The predicted octanol–water partition coefficient (Wildman–Crippen LogP) is 4.66. The van der Waals surface area contributed by atoms with Crippen molar-refractivity contribution in [3.8, 4) is 11.5 Å². The van der Waals surface area contributed by atoms with Gasteiger partial charge in [0.15, 0.2) is 11.5 Å². The summed E-state index contributed by atoms with van der Waals surface area (Å²) in [6.45, 7) is 15.8. The minimum atomic E-state index is -0.189. The lowest BCUT2D eigenvalue weighted by Crippen LogP contribution is -2.32. The smallest absolute Gasteiger partial charge is 0.272 e. The van der Waals surface area contributed by atoms with Gasteiger partial charge in [0.05, 0.1) is 11.6 Å². The van der Waals surface area contributed by atoms with Gasteiger partial charge in [-0.3, -0.25) is 9.48 Å². The lowest BCUT2D eigenvalue weighted by Gasteiger charge is -2.25.